The number of ether oxygens (including phenoxy) is 3. The van der Waals surface area contributed by atoms with E-state index in [0.29, 0.717) is 11.1 Å². The summed E-state index contributed by atoms with van der Waals surface area (Å²) >= 11 is 0.993. The van der Waals surface area contributed by atoms with E-state index in [4.69, 9.17) is 14.2 Å². The van der Waals surface area contributed by atoms with Gasteiger partial charge in [0.1, 0.15) is 12.4 Å². The normalized spacial score (nSPS) is 20.0. The number of fused-ring (bicyclic) bond motifs is 1. The van der Waals surface area contributed by atoms with Gasteiger partial charge in [-0.3, -0.25) is 19.0 Å². The molecule has 2 aromatic carbocycles. The van der Waals surface area contributed by atoms with Crippen molar-refractivity contribution >= 4 is 51.7 Å². The zero-order valence-corrected chi connectivity index (χ0v) is 22.8. The van der Waals surface area contributed by atoms with E-state index in [1.807, 2.05) is 0 Å². The van der Waals surface area contributed by atoms with Crippen LogP contribution in [0.15, 0.2) is 73.3 Å². The molecule has 1 saturated heterocycles. The van der Waals surface area contributed by atoms with E-state index in [9.17, 15) is 19.2 Å². The number of anilines is 1. The molecule has 13 heteroatoms. The van der Waals surface area contributed by atoms with Crippen molar-refractivity contribution < 1.29 is 33.4 Å². The lowest BCUT2D eigenvalue weighted by Gasteiger charge is -2.24. The highest BCUT2D eigenvalue weighted by Crippen LogP contribution is 2.37. The monoisotopic (exact) mass is 575 g/mol. The highest BCUT2D eigenvalue weighted by Gasteiger charge is 2.51. The first-order valence-corrected chi connectivity index (χ1v) is 13.6. The molecule has 2 aromatic heterocycles. The summed E-state index contributed by atoms with van der Waals surface area (Å²) in [5, 5.41) is 2.58. The van der Waals surface area contributed by atoms with Gasteiger partial charge in [0.2, 0.25) is 0 Å². The summed E-state index contributed by atoms with van der Waals surface area (Å²) in [4.78, 5) is 62.6. The van der Waals surface area contributed by atoms with Gasteiger partial charge in [-0.05, 0) is 24.3 Å². The second kappa shape index (κ2) is 12.3. The zero-order chi connectivity index (χ0) is 28.9. The van der Waals surface area contributed by atoms with Crippen LogP contribution >= 0.6 is 11.8 Å². The lowest BCUT2D eigenvalue weighted by Crippen LogP contribution is -2.40. The van der Waals surface area contributed by atoms with Crippen molar-refractivity contribution in [2.45, 2.75) is 38.4 Å². The molecular weight excluding hydrogens is 550 g/mol. The van der Waals surface area contributed by atoms with E-state index >= 15 is 0 Å². The molecule has 4 aromatic rings. The van der Waals surface area contributed by atoms with Crippen LogP contribution in [0.1, 0.15) is 40.8 Å². The quantitative estimate of drug-likeness (QED) is 0.308. The van der Waals surface area contributed by atoms with Gasteiger partial charge in [0.05, 0.1) is 11.9 Å². The number of carbonyl (C=O) groups is 4. The molecule has 210 valence electrons. The molecule has 4 atom stereocenters. The molecule has 1 N–H and O–H groups in total. The number of benzene rings is 2. The van der Waals surface area contributed by atoms with Crippen molar-refractivity contribution in [3.05, 3.63) is 84.4 Å². The minimum absolute atomic E-state index is 0.135. The molecule has 12 nitrogen and oxygen atoms in total. The minimum atomic E-state index is -1.10. The SMILES string of the molecule is CC(=O)O[C@@H]1[C@@H](OC(=O)c2ccccc2)[C@@H](CSC(C)=O)O[C@H]1n1cnc2c(NC(=O)c3ccccc3)ncnc21. The van der Waals surface area contributed by atoms with Crippen molar-refractivity contribution in [1.82, 2.24) is 19.5 Å². The van der Waals surface area contributed by atoms with E-state index in [0.717, 1.165) is 11.8 Å². The predicted molar refractivity (Wildman–Crippen MR) is 148 cm³/mol. The Bertz CT molecular complexity index is 1580. The van der Waals surface area contributed by atoms with E-state index in [-0.39, 0.29) is 33.8 Å². The van der Waals surface area contributed by atoms with Crippen molar-refractivity contribution in [3.8, 4) is 0 Å². The summed E-state index contributed by atoms with van der Waals surface area (Å²) in [6.45, 7) is 2.65. The number of aromatic nitrogens is 4. The number of imidazole rings is 1. The number of rotatable bonds is 8. The van der Waals surface area contributed by atoms with E-state index < -0.39 is 36.5 Å². The summed E-state index contributed by atoms with van der Waals surface area (Å²) in [6.07, 6.45) is -1.33. The smallest absolute Gasteiger partial charge is 0.338 e. The Hall–Kier alpha value is -4.62. The fourth-order valence-corrected chi connectivity index (χ4v) is 5.06. The lowest BCUT2D eigenvalue weighted by molar-refractivity contribution is -0.156. The number of hydrogen-bond acceptors (Lipinski definition) is 11. The van der Waals surface area contributed by atoms with Crippen molar-refractivity contribution in [1.29, 1.82) is 0 Å². The number of carbonyl (C=O) groups excluding carboxylic acids is 4. The van der Waals surface area contributed by atoms with E-state index in [1.165, 1.54) is 31.1 Å². The molecule has 5 rings (SSSR count). The molecule has 1 amide bonds. The molecule has 0 aliphatic carbocycles. The first-order chi connectivity index (χ1) is 19.8. The predicted octanol–water partition coefficient (Wildman–Crippen LogP) is 3.41. The largest absolute Gasteiger partial charge is 0.454 e. The molecule has 1 aliphatic heterocycles. The molecular formula is C28H25N5O7S. The maximum absolute atomic E-state index is 13.0. The topological polar surface area (TPSA) is 152 Å². The summed E-state index contributed by atoms with van der Waals surface area (Å²) in [7, 11) is 0. The molecule has 1 aliphatic rings. The number of nitrogens with one attached hydrogen (secondary N) is 1. The molecule has 0 radical (unpaired) electrons. The first kappa shape index (κ1) is 27.9. The van der Waals surface area contributed by atoms with Crippen LogP contribution in [0.4, 0.5) is 5.82 Å². The highest BCUT2D eigenvalue weighted by atomic mass is 32.2. The van der Waals surface area contributed by atoms with Crippen LogP contribution in [-0.4, -0.2) is 66.5 Å². The van der Waals surface area contributed by atoms with Crippen LogP contribution in [0.5, 0.6) is 0 Å². The van der Waals surface area contributed by atoms with Crippen LogP contribution in [0.2, 0.25) is 0 Å². The second-order valence-corrected chi connectivity index (χ2v) is 10.2. The first-order valence-electron chi connectivity index (χ1n) is 12.6. The minimum Gasteiger partial charge on any atom is -0.454 e. The summed E-state index contributed by atoms with van der Waals surface area (Å²) in [5.74, 6) is -1.35. The number of amides is 1. The molecule has 0 spiro atoms. The van der Waals surface area contributed by atoms with Gasteiger partial charge in [-0.1, -0.05) is 48.2 Å². The molecule has 0 saturated carbocycles. The van der Waals surface area contributed by atoms with Gasteiger partial charge >= 0.3 is 11.9 Å². The van der Waals surface area contributed by atoms with Crippen molar-refractivity contribution in [2.24, 2.45) is 0 Å². The second-order valence-electron chi connectivity index (χ2n) is 9.04. The van der Waals surface area contributed by atoms with E-state index in [2.05, 4.69) is 20.3 Å². The van der Waals surface area contributed by atoms with Crippen LogP contribution in [0, 0.1) is 0 Å². The fraction of sp³-hybridized carbons (Fsp3) is 0.250. The van der Waals surface area contributed by atoms with Crippen molar-refractivity contribution in [2.75, 3.05) is 11.1 Å². The van der Waals surface area contributed by atoms with Gasteiger partial charge in [-0.2, -0.15) is 0 Å². The Kier molecular flexibility index (Phi) is 8.36. The molecule has 0 bridgehead atoms. The van der Waals surface area contributed by atoms with Gasteiger partial charge in [0, 0.05) is 25.2 Å². The zero-order valence-electron chi connectivity index (χ0n) is 22.0. The average molecular weight is 576 g/mol. The number of thioether (sulfide) groups is 1. The highest BCUT2D eigenvalue weighted by molar-refractivity contribution is 8.13. The van der Waals surface area contributed by atoms with Crippen LogP contribution in [-0.2, 0) is 23.8 Å². The third kappa shape index (κ3) is 6.26. The Morgan fingerprint density at radius 3 is 2.24 bits per heavy atom. The van der Waals surface area contributed by atoms with Gasteiger partial charge in [-0.15, -0.1) is 0 Å². The Morgan fingerprint density at radius 1 is 0.902 bits per heavy atom. The Labute approximate surface area is 238 Å². The van der Waals surface area contributed by atoms with Crippen molar-refractivity contribution in [3.63, 3.8) is 0 Å². The van der Waals surface area contributed by atoms with Crippen LogP contribution in [0.25, 0.3) is 11.2 Å². The third-order valence-corrected chi connectivity index (χ3v) is 7.09. The maximum Gasteiger partial charge on any atom is 0.338 e. The summed E-state index contributed by atoms with van der Waals surface area (Å²) in [5.41, 5.74) is 1.27. The standard InChI is InChI=1S/C28H25N5O7S/c1-16(34)38-23-22(40-28(37)19-11-7-4-8-12-19)20(13-41-17(2)35)39-27(23)33-15-31-21-24(29-14-30-25(21)33)32-26(36)18-9-5-3-6-10-18/h3-12,14-15,20,22-23,27H,13H2,1-2H3,(H,29,30,32,36)/t20-,22+,23-,27-/m1/s1. The number of hydrogen-bond donors (Lipinski definition) is 1. The van der Waals surface area contributed by atoms with Gasteiger partial charge in [0.15, 0.2) is 40.5 Å². The molecule has 41 heavy (non-hydrogen) atoms. The molecule has 1 fully saturated rings. The molecule has 0 unspecified atom stereocenters. The van der Waals surface area contributed by atoms with Crippen LogP contribution < -0.4 is 5.32 Å². The summed E-state index contributed by atoms with van der Waals surface area (Å²) < 4.78 is 19.3. The van der Waals surface area contributed by atoms with Gasteiger partial charge in [0.25, 0.3) is 5.91 Å². The number of nitrogens with zero attached hydrogens (tertiary/aromatic N) is 4. The number of esters is 2. The lowest BCUT2D eigenvalue weighted by atomic mass is 10.1. The molecule has 3 heterocycles. The Balaban J connectivity index is 1.48. The van der Waals surface area contributed by atoms with Crippen LogP contribution in [0.3, 0.4) is 0 Å². The van der Waals surface area contributed by atoms with Gasteiger partial charge < -0.3 is 19.5 Å². The summed E-state index contributed by atoms with van der Waals surface area (Å²) in [6, 6.07) is 17.0. The van der Waals surface area contributed by atoms with E-state index in [1.54, 1.807) is 60.7 Å². The Morgan fingerprint density at radius 2 is 1.59 bits per heavy atom. The van der Waals surface area contributed by atoms with Gasteiger partial charge in [-0.25, -0.2) is 19.7 Å². The fourth-order valence-electron chi connectivity index (χ4n) is 4.39. The average Bonchev–Trinajstić information content (AvgIpc) is 3.54. The third-order valence-electron chi connectivity index (χ3n) is 6.19. The maximum atomic E-state index is 13.0.